The van der Waals surface area contributed by atoms with Crippen LogP contribution in [-0.2, 0) is 16.6 Å². The maximum atomic E-state index is 13.3. The highest BCUT2D eigenvalue weighted by molar-refractivity contribution is 6.30. The lowest BCUT2D eigenvalue weighted by Gasteiger charge is -2.39. The number of nitrogens with zero attached hydrogens (tertiary/aromatic N) is 2. The zero-order valence-electron chi connectivity index (χ0n) is 18.2. The number of aryl methyl sites for hydroxylation is 1. The Bertz CT molecular complexity index is 951. The van der Waals surface area contributed by atoms with Crippen molar-refractivity contribution >= 4 is 23.2 Å². The van der Waals surface area contributed by atoms with E-state index < -0.39 is 0 Å². The van der Waals surface area contributed by atoms with Crippen LogP contribution < -0.4 is 4.90 Å². The second kappa shape index (κ2) is 8.56. The third-order valence-corrected chi connectivity index (χ3v) is 6.87. The minimum absolute atomic E-state index is 0.0818. The summed E-state index contributed by atoms with van der Waals surface area (Å²) in [5.41, 5.74) is 6.21. The number of piperidine rings is 1. The Morgan fingerprint density at radius 2 is 1.80 bits per heavy atom. The number of rotatable bonds is 4. The summed E-state index contributed by atoms with van der Waals surface area (Å²) in [5, 5.41) is 0.701. The Morgan fingerprint density at radius 1 is 1.10 bits per heavy atom. The van der Waals surface area contributed by atoms with E-state index in [1.807, 2.05) is 29.2 Å². The van der Waals surface area contributed by atoms with Crippen molar-refractivity contribution < 1.29 is 4.79 Å². The molecule has 2 aliphatic rings. The minimum atomic E-state index is 0.0818. The number of halogens is 1. The van der Waals surface area contributed by atoms with Gasteiger partial charge in [-0.15, -0.1) is 0 Å². The molecule has 158 valence electrons. The molecule has 0 bridgehead atoms. The molecule has 1 saturated heterocycles. The minimum Gasteiger partial charge on any atom is -0.311 e. The molecular formula is C26H31ClN2O. The summed E-state index contributed by atoms with van der Waals surface area (Å²) in [6.45, 7) is 10.5. The molecule has 30 heavy (non-hydrogen) atoms. The molecule has 4 rings (SSSR count). The van der Waals surface area contributed by atoms with Gasteiger partial charge in [0, 0.05) is 29.2 Å². The van der Waals surface area contributed by atoms with Crippen molar-refractivity contribution in [3.8, 4) is 0 Å². The number of benzene rings is 2. The second-order valence-corrected chi connectivity index (χ2v) is 9.60. The number of likely N-dealkylation sites (tertiary alicyclic amines) is 1. The van der Waals surface area contributed by atoms with Gasteiger partial charge in [0.1, 0.15) is 0 Å². The molecule has 1 spiro atoms. The number of fused-ring (bicyclic) bond motifs is 2. The molecule has 2 aromatic carbocycles. The summed E-state index contributed by atoms with van der Waals surface area (Å²) in [6, 6.07) is 14.2. The van der Waals surface area contributed by atoms with Crippen LogP contribution in [0.5, 0.6) is 0 Å². The number of carbonyl (C=O) groups excluding carboxylic acids is 1. The fourth-order valence-electron chi connectivity index (χ4n) is 4.78. The molecule has 1 fully saturated rings. The van der Waals surface area contributed by atoms with Crippen LogP contribution in [0.1, 0.15) is 43.4 Å². The highest BCUT2D eigenvalue weighted by Crippen LogP contribution is 2.47. The van der Waals surface area contributed by atoms with Crippen molar-refractivity contribution in [2.75, 3.05) is 31.1 Å². The molecule has 0 radical (unpaired) electrons. The lowest BCUT2D eigenvalue weighted by atomic mass is 9.74. The van der Waals surface area contributed by atoms with Crippen LogP contribution in [0, 0.1) is 6.92 Å². The molecule has 0 unspecified atom stereocenters. The van der Waals surface area contributed by atoms with E-state index in [1.165, 1.54) is 16.7 Å². The lowest BCUT2D eigenvalue weighted by molar-refractivity contribution is -0.118. The van der Waals surface area contributed by atoms with Gasteiger partial charge in [-0.25, -0.2) is 0 Å². The van der Waals surface area contributed by atoms with Gasteiger partial charge in [-0.1, -0.05) is 53.1 Å². The van der Waals surface area contributed by atoms with E-state index >= 15 is 0 Å². The first-order chi connectivity index (χ1) is 14.4. The Kier molecular flexibility index (Phi) is 6.04. The number of allylic oxidation sites excluding steroid dienone is 1. The molecule has 0 atom stereocenters. The molecule has 3 nitrogen and oxygen atoms in total. The fraction of sp³-hybridized carbons (Fsp3) is 0.423. The largest absolute Gasteiger partial charge is 0.311 e. The van der Waals surface area contributed by atoms with Gasteiger partial charge in [0.05, 0.1) is 6.42 Å². The van der Waals surface area contributed by atoms with E-state index in [-0.39, 0.29) is 11.3 Å². The first-order valence-electron chi connectivity index (χ1n) is 10.9. The molecule has 2 aliphatic heterocycles. The molecule has 0 N–H and O–H groups in total. The number of carbonyl (C=O) groups is 1. The summed E-state index contributed by atoms with van der Waals surface area (Å²) in [7, 11) is 0. The lowest BCUT2D eigenvalue weighted by Crippen LogP contribution is -2.46. The number of hydrogen-bond acceptors (Lipinski definition) is 2. The van der Waals surface area contributed by atoms with Gasteiger partial charge >= 0.3 is 0 Å². The van der Waals surface area contributed by atoms with Gasteiger partial charge in [-0.05, 0) is 76.0 Å². The predicted molar refractivity (Wildman–Crippen MR) is 125 cm³/mol. The smallest absolute Gasteiger partial charge is 0.231 e. The van der Waals surface area contributed by atoms with Crippen molar-refractivity contribution in [1.82, 2.24) is 4.90 Å². The predicted octanol–water partition coefficient (Wildman–Crippen LogP) is 5.54. The summed E-state index contributed by atoms with van der Waals surface area (Å²) >= 11 is 6.00. The van der Waals surface area contributed by atoms with Crippen molar-refractivity contribution in [3.05, 3.63) is 75.8 Å². The van der Waals surface area contributed by atoms with Gasteiger partial charge in [-0.2, -0.15) is 0 Å². The van der Waals surface area contributed by atoms with E-state index in [1.54, 1.807) is 0 Å². The molecular weight excluding hydrogens is 392 g/mol. The Balaban J connectivity index is 1.55. The van der Waals surface area contributed by atoms with Crippen LogP contribution in [0.15, 0.2) is 54.1 Å². The fourth-order valence-corrected chi connectivity index (χ4v) is 4.91. The van der Waals surface area contributed by atoms with E-state index in [9.17, 15) is 4.79 Å². The quantitative estimate of drug-likeness (QED) is 0.604. The summed E-state index contributed by atoms with van der Waals surface area (Å²) in [4.78, 5) is 17.9. The first-order valence-corrected chi connectivity index (χ1v) is 11.3. The average molecular weight is 423 g/mol. The maximum absolute atomic E-state index is 13.3. The highest BCUT2D eigenvalue weighted by atomic mass is 35.5. The molecule has 2 heterocycles. The average Bonchev–Trinajstić information content (AvgIpc) is 3.03. The molecule has 1 amide bonds. The molecule has 0 aromatic heterocycles. The number of hydrogen-bond donors (Lipinski definition) is 0. The second-order valence-electron chi connectivity index (χ2n) is 9.17. The Morgan fingerprint density at radius 3 is 2.47 bits per heavy atom. The molecule has 0 aliphatic carbocycles. The van der Waals surface area contributed by atoms with Gasteiger partial charge in [0.2, 0.25) is 5.91 Å². The monoisotopic (exact) mass is 422 g/mol. The third-order valence-electron chi connectivity index (χ3n) is 6.62. The molecule has 4 heteroatoms. The zero-order valence-corrected chi connectivity index (χ0v) is 19.0. The summed E-state index contributed by atoms with van der Waals surface area (Å²) < 4.78 is 0. The standard InChI is InChI=1S/C26H31ClN2O/c1-19(2)10-13-28-14-11-26(12-15-28)18-29(24-9-4-20(3)16-23(24)26)25(30)17-21-5-7-22(27)8-6-21/h4-10,16H,11-15,17-18H2,1-3H3. The van der Waals surface area contributed by atoms with Gasteiger partial charge < -0.3 is 4.90 Å². The van der Waals surface area contributed by atoms with E-state index in [0.29, 0.717) is 11.4 Å². The van der Waals surface area contributed by atoms with E-state index in [2.05, 4.69) is 49.9 Å². The van der Waals surface area contributed by atoms with Crippen molar-refractivity contribution in [2.45, 2.75) is 45.4 Å². The Labute approximate surface area is 185 Å². The first kappa shape index (κ1) is 21.1. The van der Waals surface area contributed by atoms with Crippen LogP contribution in [0.2, 0.25) is 5.02 Å². The van der Waals surface area contributed by atoms with Crippen LogP contribution in [0.4, 0.5) is 5.69 Å². The van der Waals surface area contributed by atoms with Crippen LogP contribution in [0.3, 0.4) is 0 Å². The van der Waals surface area contributed by atoms with Gasteiger partial charge in [-0.3, -0.25) is 9.69 Å². The van der Waals surface area contributed by atoms with Crippen molar-refractivity contribution in [3.63, 3.8) is 0 Å². The topological polar surface area (TPSA) is 23.6 Å². The SMILES string of the molecule is CC(C)=CCN1CCC2(CC1)CN(C(=O)Cc1ccc(Cl)cc1)c1ccc(C)cc12. The van der Waals surface area contributed by atoms with E-state index in [4.69, 9.17) is 11.6 Å². The molecule has 2 aromatic rings. The van der Waals surface area contributed by atoms with Crippen LogP contribution in [0.25, 0.3) is 0 Å². The number of anilines is 1. The normalized spacial score (nSPS) is 17.8. The van der Waals surface area contributed by atoms with Gasteiger partial charge in [0.15, 0.2) is 0 Å². The van der Waals surface area contributed by atoms with Crippen molar-refractivity contribution in [1.29, 1.82) is 0 Å². The highest BCUT2D eigenvalue weighted by Gasteiger charge is 2.46. The number of amides is 1. The third kappa shape index (κ3) is 4.33. The van der Waals surface area contributed by atoms with Crippen molar-refractivity contribution in [2.24, 2.45) is 0 Å². The van der Waals surface area contributed by atoms with E-state index in [0.717, 1.165) is 50.3 Å². The maximum Gasteiger partial charge on any atom is 0.231 e. The summed E-state index contributed by atoms with van der Waals surface area (Å²) in [5.74, 6) is 0.172. The van der Waals surface area contributed by atoms with Crippen LogP contribution >= 0.6 is 11.6 Å². The summed E-state index contributed by atoms with van der Waals surface area (Å²) in [6.07, 6.45) is 4.93. The van der Waals surface area contributed by atoms with Gasteiger partial charge in [0.25, 0.3) is 0 Å². The van der Waals surface area contributed by atoms with Crippen LogP contribution in [-0.4, -0.2) is 37.0 Å². The molecule has 0 saturated carbocycles. The Hall–Kier alpha value is -2.10. The zero-order chi connectivity index (χ0) is 21.3.